The minimum absolute atomic E-state index is 0.187. The molecule has 0 radical (unpaired) electrons. The summed E-state index contributed by atoms with van der Waals surface area (Å²) in [5, 5.41) is 4.28. The number of ether oxygens (including phenoxy) is 1. The van der Waals surface area contributed by atoms with Gasteiger partial charge in [0.2, 0.25) is 5.91 Å². The number of aryl methyl sites for hydroxylation is 2. The Labute approximate surface area is 201 Å². The monoisotopic (exact) mass is 478 g/mol. The molecule has 0 saturated carbocycles. The lowest BCUT2D eigenvalue weighted by Crippen LogP contribution is -2.54. The van der Waals surface area contributed by atoms with Crippen LogP contribution in [0.3, 0.4) is 0 Å². The Balaban J connectivity index is 2.26. The van der Waals surface area contributed by atoms with Gasteiger partial charge in [0.05, 0.1) is 0 Å². The van der Waals surface area contributed by atoms with Crippen molar-refractivity contribution < 1.29 is 14.3 Å². The molecule has 2 aromatic carbocycles. The third kappa shape index (κ3) is 7.42. The maximum atomic E-state index is 13.3. The van der Waals surface area contributed by atoms with Crippen LogP contribution in [-0.4, -0.2) is 34.9 Å². The molecule has 7 heteroatoms. The van der Waals surface area contributed by atoms with Crippen LogP contribution in [-0.2, 0) is 16.1 Å². The lowest BCUT2D eigenvalue weighted by Gasteiger charge is -2.33. The summed E-state index contributed by atoms with van der Waals surface area (Å²) in [7, 11) is 0. The molecule has 0 aliphatic heterocycles. The zero-order valence-electron chi connectivity index (χ0n) is 19.6. The van der Waals surface area contributed by atoms with Crippen molar-refractivity contribution >= 4 is 35.0 Å². The second-order valence-electron chi connectivity index (χ2n) is 8.97. The lowest BCUT2D eigenvalue weighted by atomic mass is 10.1. The third-order valence-corrected chi connectivity index (χ3v) is 5.77. The van der Waals surface area contributed by atoms with Crippen molar-refractivity contribution in [2.45, 2.75) is 66.1 Å². The Kier molecular flexibility index (Phi) is 8.99. The molecule has 2 amide bonds. The first-order valence-electron chi connectivity index (χ1n) is 10.7. The quantitative estimate of drug-likeness (QED) is 0.528. The summed E-state index contributed by atoms with van der Waals surface area (Å²) < 4.78 is 5.79. The van der Waals surface area contributed by atoms with Crippen LogP contribution >= 0.6 is 23.2 Å². The molecule has 2 aromatic rings. The zero-order valence-corrected chi connectivity index (χ0v) is 21.1. The average molecular weight is 479 g/mol. The molecule has 0 heterocycles. The standard InChI is InChI=1S/C25H32Cl2N2O3/c1-7-21(24(31)28-25(4,5)6)29(14-18-8-10-19(26)11-9-18)22(30)15-32-20-12-16(2)23(27)17(3)13-20/h8-13,21H,7,14-15H2,1-6H3,(H,28,31)/t21-/m1/s1. The number of hydrogen-bond donors (Lipinski definition) is 1. The predicted molar refractivity (Wildman–Crippen MR) is 130 cm³/mol. The molecule has 0 saturated heterocycles. The van der Waals surface area contributed by atoms with Gasteiger partial charge in [0.25, 0.3) is 5.91 Å². The molecular formula is C25H32Cl2N2O3. The van der Waals surface area contributed by atoms with Crippen LogP contribution in [0.5, 0.6) is 5.75 Å². The molecular weight excluding hydrogens is 447 g/mol. The van der Waals surface area contributed by atoms with Gasteiger partial charge in [-0.15, -0.1) is 0 Å². The van der Waals surface area contributed by atoms with Crippen molar-refractivity contribution in [1.82, 2.24) is 10.2 Å². The minimum Gasteiger partial charge on any atom is -0.484 e. The first kappa shape index (κ1) is 26.0. The second kappa shape index (κ2) is 11.1. The van der Waals surface area contributed by atoms with Crippen LogP contribution in [0.1, 0.15) is 50.8 Å². The Morgan fingerprint density at radius 1 is 1.06 bits per heavy atom. The maximum Gasteiger partial charge on any atom is 0.261 e. The average Bonchev–Trinajstić information content (AvgIpc) is 2.70. The van der Waals surface area contributed by atoms with Crippen molar-refractivity contribution in [2.75, 3.05) is 6.61 Å². The van der Waals surface area contributed by atoms with Gasteiger partial charge in [-0.25, -0.2) is 0 Å². The third-order valence-electron chi connectivity index (χ3n) is 4.92. The molecule has 174 valence electrons. The van der Waals surface area contributed by atoms with E-state index in [4.69, 9.17) is 27.9 Å². The lowest BCUT2D eigenvalue weighted by molar-refractivity contribution is -0.143. The highest BCUT2D eigenvalue weighted by atomic mass is 35.5. The van der Waals surface area contributed by atoms with E-state index in [1.165, 1.54) is 0 Å². The number of carbonyl (C=O) groups excluding carboxylic acids is 2. The summed E-state index contributed by atoms with van der Waals surface area (Å²) in [5.41, 5.74) is 2.23. The number of halogens is 2. The Morgan fingerprint density at radius 2 is 1.62 bits per heavy atom. The molecule has 1 atom stereocenters. The Morgan fingerprint density at radius 3 is 2.12 bits per heavy atom. The van der Waals surface area contributed by atoms with Gasteiger partial charge in [-0.1, -0.05) is 42.3 Å². The molecule has 0 aromatic heterocycles. The normalized spacial score (nSPS) is 12.2. The molecule has 0 bridgehead atoms. The summed E-state index contributed by atoms with van der Waals surface area (Å²) >= 11 is 12.2. The van der Waals surface area contributed by atoms with Crippen molar-refractivity contribution in [1.29, 1.82) is 0 Å². The van der Waals surface area contributed by atoms with E-state index < -0.39 is 11.6 Å². The van der Waals surface area contributed by atoms with E-state index in [0.29, 0.717) is 22.2 Å². The van der Waals surface area contributed by atoms with Crippen LogP contribution in [0.2, 0.25) is 10.0 Å². The molecule has 0 unspecified atom stereocenters. The van der Waals surface area contributed by atoms with Crippen LogP contribution in [0.15, 0.2) is 36.4 Å². The maximum absolute atomic E-state index is 13.3. The van der Waals surface area contributed by atoms with E-state index in [1.807, 2.05) is 53.7 Å². The van der Waals surface area contributed by atoms with Gasteiger partial charge in [0.1, 0.15) is 11.8 Å². The minimum atomic E-state index is -0.630. The molecule has 5 nitrogen and oxygen atoms in total. The van der Waals surface area contributed by atoms with Gasteiger partial charge in [-0.2, -0.15) is 0 Å². The molecule has 0 fully saturated rings. The van der Waals surface area contributed by atoms with Crippen LogP contribution in [0, 0.1) is 13.8 Å². The highest BCUT2D eigenvalue weighted by Crippen LogP contribution is 2.26. The van der Waals surface area contributed by atoms with Crippen LogP contribution in [0.25, 0.3) is 0 Å². The number of amides is 2. The van der Waals surface area contributed by atoms with E-state index in [9.17, 15) is 9.59 Å². The van der Waals surface area contributed by atoms with E-state index in [-0.39, 0.29) is 25.0 Å². The fraction of sp³-hybridized carbons (Fsp3) is 0.440. The van der Waals surface area contributed by atoms with Gasteiger partial charge < -0.3 is 15.0 Å². The summed E-state index contributed by atoms with van der Waals surface area (Å²) in [6.07, 6.45) is 0.473. The highest BCUT2D eigenvalue weighted by Gasteiger charge is 2.31. The van der Waals surface area contributed by atoms with Gasteiger partial charge in [0.15, 0.2) is 6.61 Å². The number of benzene rings is 2. The van der Waals surface area contributed by atoms with E-state index in [1.54, 1.807) is 29.2 Å². The van der Waals surface area contributed by atoms with Crippen LogP contribution < -0.4 is 10.1 Å². The molecule has 32 heavy (non-hydrogen) atoms. The number of carbonyl (C=O) groups is 2. The zero-order chi connectivity index (χ0) is 24.1. The Hall–Kier alpha value is -2.24. The van der Waals surface area contributed by atoms with E-state index >= 15 is 0 Å². The largest absolute Gasteiger partial charge is 0.484 e. The smallest absolute Gasteiger partial charge is 0.261 e. The first-order chi connectivity index (χ1) is 14.9. The van der Waals surface area contributed by atoms with Crippen molar-refractivity contribution in [3.63, 3.8) is 0 Å². The number of nitrogens with one attached hydrogen (secondary N) is 1. The number of nitrogens with zero attached hydrogens (tertiary/aromatic N) is 1. The molecule has 1 N–H and O–H groups in total. The first-order valence-corrected chi connectivity index (χ1v) is 11.4. The topological polar surface area (TPSA) is 58.6 Å². The molecule has 0 spiro atoms. The van der Waals surface area contributed by atoms with Crippen LogP contribution in [0.4, 0.5) is 0 Å². The van der Waals surface area contributed by atoms with Crippen molar-refractivity contribution in [3.05, 3.63) is 63.1 Å². The van der Waals surface area contributed by atoms with Crippen molar-refractivity contribution in [2.24, 2.45) is 0 Å². The van der Waals surface area contributed by atoms with E-state index in [2.05, 4.69) is 5.32 Å². The number of hydrogen-bond acceptors (Lipinski definition) is 3. The summed E-state index contributed by atoms with van der Waals surface area (Å²) in [6, 6.07) is 10.2. The SMILES string of the molecule is CC[C@H](C(=O)NC(C)(C)C)N(Cc1ccc(Cl)cc1)C(=O)COc1cc(C)c(Cl)c(C)c1. The molecule has 2 rings (SSSR count). The van der Waals surface area contributed by atoms with Crippen molar-refractivity contribution in [3.8, 4) is 5.75 Å². The second-order valence-corrected chi connectivity index (χ2v) is 9.79. The van der Waals surface area contributed by atoms with Gasteiger partial charge in [0, 0.05) is 22.1 Å². The van der Waals surface area contributed by atoms with Gasteiger partial charge >= 0.3 is 0 Å². The Bertz CT molecular complexity index is 930. The molecule has 0 aliphatic rings. The summed E-state index contributed by atoms with van der Waals surface area (Å²) in [5.74, 6) is 0.0954. The summed E-state index contributed by atoms with van der Waals surface area (Å²) in [6.45, 7) is 11.5. The number of rotatable bonds is 8. The van der Waals surface area contributed by atoms with Gasteiger partial charge in [-0.3, -0.25) is 9.59 Å². The summed E-state index contributed by atoms with van der Waals surface area (Å²) in [4.78, 5) is 27.8. The van der Waals surface area contributed by atoms with Gasteiger partial charge in [-0.05, 0) is 82.0 Å². The predicted octanol–water partition coefficient (Wildman–Crippen LogP) is 5.71. The fourth-order valence-corrected chi connectivity index (χ4v) is 3.61. The fourth-order valence-electron chi connectivity index (χ4n) is 3.38. The molecule has 0 aliphatic carbocycles. The van der Waals surface area contributed by atoms with E-state index in [0.717, 1.165) is 16.7 Å². The highest BCUT2D eigenvalue weighted by molar-refractivity contribution is 6.32.